The van der Waals surface area contributed by atoms with Crippen molar-refractivity contribution in [2.45, 2.75) is 13.8 Å². The van der Waals surface area contributed by atoms with Crippen LogP contribution in [-0.4, -0.2) is 46.1 Å². The van der Waals surface area contributed by atoms with Crippen molar-refractivity contribution in [3.05, 3.63) is 62.2 Å². The maximum absolute atomic E-state index is 11.6. The number of halogens is 3. The molecule has 0 unspecified atom stereocenters. The van der Waals surface area contributed by atoms with Gasteiger partial charge in [0.05, 0.1) is 24.9 Å². The van der Waals surface area contributed by atoms with E-state index in [0.29, 0.717) is 11.5 Å². The molecule has 3 aromatic rings. The molecule has 0 aliphatic carbocycles. The van der Waals surface area contributed by atoms with Crippen LogP contribution in [0.15, 0.2) is 24.3 Å². The summed E-state index contributed by atoms with van der Waals surface area (Å²) in [4.78, 5) is 38.3. The van der Waals surface area contributed by atoms with Gasteiger partial charge >= 0.3 is 11.9 Å². The Bertz CT molecular complexity index is 1160. The highest BCUT2D eigenvalue weighted by Crippen LogP contribution is 2.25. The second-order valence-electron chi connectivity index (χ2n) is 6.18. The van der Waals surface area contributed by atoms with Gasteiger partial charge in [-0.25, -0.2) is 29.5 Å². The van der Waals surface area contributed by atoms with Gasteiger partial charge < -0.3 is 15.2 Å². The van der Waals surface area contributed by atoms with Gasteiger partial charge in [0.1, 0.15) is 10.8 Å². The molecule has 0 spiro atoms. The quantitative estimate of drug-likeness (QED) is 0.413. The predicted octanol–water partition coefficient (Wildman–Crippen LogP) is 4.35. The van der Waals surface area contributed by atoms with E-state index in [1.54, 1.807) is 6.92 Å². The van der Waals surface area contributed by atoms with E-state index in [4.69, 9.17) is 40.5 Å². The summed E-state index contributed by atoms with van der Waals surface area (Å²) in [7, 11) is 2.49. The van der Waals surface area contributed by atoms with Gasteiger partial charge in [-0.3, -0.25) is 0 Å². The summed E-state index contributed by atoms with van der Waals surface area (Å²) < 4.78 is 9.07. The van der Waals surface area contributed by atoms with E-state index in [9.17, 15) is 9.59 Å². The molecule has 2 aromatic heterocycles. The molecule has 0 saturated heterocycles. The maximum Gasteiger partial charge on any atom is 0.358 e. The van der Waals surface area contributed by atoms with Gasteiger partial charge in [-0.15, -0.1) is 0 Å². The number of esters is 2. The number of nitrogen functional groups attached to an aromatic ring is 1. The van der Waals surface area contributed by atoms with Gasteiger partial charge in [0, 0.05) is 5.56 Å². The third-order valence-corrected chi connectivity index (χ3v) is 4.93. The Morgan fingerprint density at radius 3 is 1.88 bits per heavy atom. The summed E-state index contributed by atoms with van der Waals surface area (Å²) in [5, 5.41) is 0.140. The minimum atomic E-state index is -0.646. The zero-order valence-corrected chi connectivity index (χ0v) is 19.7. The van der Waals surface area contributed by atoms with Crippen LogP contribution in [0.5, 0.6) is 0 Å². The first kappa shape index (κ1) is 25.3. The Labute approximate surface area is 198 Å². The highest BCUT2D eigenvalue weighted by atomic mass is 35.5. The molecule has 2 N–H and O–H groups in total. The van der Waals surface area contributed by atoms with E-state index in [1.165, 1.54) is 14.2 Å². The maximum atomic E-state index is 11.6. The molecular weight excluding hydrogens is 481 g/mol. The van der Waals surface area contributed by atoms with Crippen molar-refractivity contribution in [3.63, 3.8) is 0 Å². The Hall–Kier alpha value is -3.01. The van der Waals surface area contributed by atoms with Gasteiger partial charge in [0.25, 0.3) is 0 Å². The molecule has 0 bridgehead atoms. The highest BCUT2D eigenvalue weighted by Gasteiger charge is 2.19. The number of methoxy groups -OCH3 is 2. The smallest absolute Gasteiger partial charge is 0.358 e. The van der Waals surface area contributed by atoms with Gasteiger partial charge in [0.15, 0.2) is 17.2 Å². The van der Waals surface area contributed by atoms with Gasteiger partial charge in [-0.1, -0.05) is 53.0 Å². The zero-order chi connectivity index (χ0) is 24.0. The van der Waals surface area contributed by atoms with E-state index in [1.807, 2.05) is 31.2 Å². The summed E-state index contributed by atoms with van der Waals surface area (Å²) in [5.74, 6) is -0.889. The summed E-state index contributed by atoms with van der Waals surface area (Å²) in [5.41, 5.74) is 7.95. The van der Waals surface area contributed by atoms with E-state index in [0.717, 1.165) is 11.1 Å². The number of hydrogen-bond acceptors (Lipinski definition) is 9. The monoisotopic (exact) mass is 497 g/mol. The Morgan fingerprint density at radius 1 is 0.812 bits per heavy atom. The molecule has 0 saturated carbocycles. The van der Waals surface area contributed by atoms with Gasteiger partial charge in [-0.05, 0) is 25.4 Å². The van der Waals surface area contributed by atoms with Crippen LogP contribution in [0.25, 0.3) is 11.4 Å². The molecule has 0 atom stereocenters. The van der Waals surface area contributed by atoms with Crippen molar-refractivity contribution in [1.82, 2.24) is 19.9 Å². The average molecular weight is 499 g/mol. The molecular formula is C20H18Cl3N5O4. The SMILES string of the molecule is COC(=O)c1nc(-c2ccc(C)cc2)nc(N)c1Cl.COC(=O)c1nc(Cl)nc(C)c1Cl. The van der Waals surface area contributed by atoms with Gasteiger partial charge in [-0.2, -0.15) is 0 Å². The van der Waals surface area contributed by atoms with Crippen LogP contribution < -0.4 is 5.73 Å². The average Bonchev–Trinajstić information content (AvgIpc) is 2.77. The number of hydrogen-bond donors (Lipinski definition) is 1. The number of ether oxygens (including phenoxy) is 2. The number of aryl methyl sites for hydroxylation is 2. The second kappa shape index (κ2) is 11.0. The lowest BCUT2D eigenvalue weighted by Gasteiger charge is -2.07. The Balaban J connectivity index is 0.000000244. The number of anilines is 1. The first-order chi connectivity index (χ1) is 15.1. The van der Waals surface area contributed by atoms with Gasteiger partial charge in [0.2, 0.25) is 5.28 Å². The summed E-state index contributed by atoms with van der Waals surface area (Å²) in [6.45, 7) is 3.60. The standard InChI is InChI=1S/C13H12ClN3O2.C7H6Cl2N2O2/c1-7-3-5-8(6-4-7)12-16-10(13(18)19-2)9(14)11(15)17-12;1-3-4(8)5(6(12)13-2)11-7(9)10-3/h3-6H,1-2H3,(H2,15,16,17);1-2H3. The van der Waals surface area contributed by atoms with Crippen molar-refractivity contribution in [2.75, 3.05) is 20.0 Å². The molecule has 3 rings (SSSR count). The molecule has 32 heavy (non-hydrogen) atoms. The number of nitrogens with zero attached hydrogens (tertiary/aromatic N) is 4. The molecule has 0 fully saturated rings. The highest BCUT2D eigenvalue weighted by molar-refractivity contribution is 6.35. The molecule has 2 heterocycles. The third kappa shape index (κ3) is 6.03. The molecule has 9 nitrogen and oxygen atoms in total. The van der Waals surface area contributed by atoms with Crippen molar-refractivity contribution in [1.29, 1.82) is 0 Å². The van der Waals surface area contributed by atoms with E-state index in [2.05, 4.69) is 29.4 Å². The normalized spacial score (nSPS) is 10.1. The fourth-order valence-corrected chi connectivity index (χ4v) is 2.82. The van der Waals surface area contributed by atoms with Crippen molar-refractivity contribution in [3.8, 4) is 11.4 Å². The fraction of sp³-hybridized carbons (Fsp3) is 0.200. The van der Waals surface area contributed by atoms with Crippen molar-refractivity contribution >= 4 is 52.6 Å². The van der Waals surface area contributed by atoms with Crippen LogP contribution in [-0.2, 0) is 9.47 Å². The number of rotatable bonds is 3. The molecule has 12 heteroatoms. The topological polar surface area (TPSA) is 130 Å². The lowest BCUT2D eigenvalue weighted by molar-refractivity contribution is 0.0585. The van der Waals surface area contributed by atoms with E-state index in [-0.39, 0.29) is 32.5 Å². The van der Waals surface area contributed by atoms with Crippen LogP contribution in [0, 0.1) is 13.8 Å². The summed E-state index contributed by atoms with van der Waals surface area (Å²) in [6, 6.07) is 7.53. The first-order valence-corrected chi connectivity index (χ1v) is 9.98. The lowest BCUT2D eigenvalue weighted by atomic mass is 10.1. The van der Waals surface area contributed by atoms with Crippen LogP contribution in [0.3, 0.4) is 0 Å². The van der Waals surface area contributed by atoms with E-state index < -0.39 is 11.9 Å². The van der Waals surface area contributed by atoms with Crippen LogP contribution in [0.2, 0.25) is 15.3 Å². The number of carbonyl (C=O) groups is 2. The number of nitrogens with two attached hydrogens (primary N) is 1. The van der Waals surface area contributed by atoms with Crippen LogP contribution in [0.4, 0.5) is 5.82 Å². The summed E-state index contributed by atoms with van der Waals surface area (Å²) in [6.07, 6.45) is 0. The minimum absolute atomic E-state index is 0.00251. The Kier molecular flexibility index (Phi) is 8.71. The largest absolute Gasteiger partial charge is 0.464 e. The molecule has 1 aromatic carbocycles. The van der Waals surface area contributed by atoms with Crippen molar-refractivity contribution < 1.29 is 19.1 Å². The molecule has 0 aliphatic rings. The number of benzene rings is 1. The molecule has 0 aliphatic heterocycles. The predicted molar refractivity (Wildman–Crippen MR) is 121 cm³/mol. The molecule has 0 amide bonds. The summed E-state index contributed by atoms with van der Waals surface area (Å²) >= 11 is 17.2. The second-order valence-corrected chi connectivity index (χ2v) is 7.28. The Morgan fingerprint density at radius 2 is 1.34 bits per heavy atom. The number of aromatic nitrogens is 4. The molecule has 168 valence electrons. The number of carbonyl (C=O) groups excluding carboxylic acids is 2. The van der Waals surface area contributed by atoms with E-state index >= 15 is 0 Å². The van der Waals surface area contributed by atoms with Crippen molar-refractivity contribution in [2.24, 2.45) is 0 Å². The fourth-order valence-electron chi connectivity index (χ4n) is 2.29. The first-order valence-electron chi connectivity index (χ1n) is 8.85. The van der Waals surface area contributed by atoms with Crippen LogP contribution in [0.1, 0.15) is 32.2 Å². The molecule has 0 radical (unpaired) electrons. The van der Waals surface area contributed by atoms with Crippen LogP contribution >= 0.6 is 34.8 Å². The third-order valence-electron chi connectivity index (χ3n) is 3.93. The lowest BCUT2D eigenvalue weighted by Crippen LogP contribution is -2.09. The minimum Gasteiger partial charge on any atom is -0.464 e. The zero-order valence-electron chi connectivity index (χ0n) is 17.4.